The highest BCUT2D eigenvalue weighted by atomic mass is 16.6. The number of rotatable bonds is 13. The molecule has 1 aliphatic rings. The lowest BCUT2D eigenvalue weighted by Gasteiger charge is -2.43. The molecule has 0 aliphatic carbocycles. The van der Waals surface area contributed by atoms with E-state index in [0.717, 1.165) is 43.1 Å². The van der Waals surface area contributed by atoms with Crippen LogP contribution in [0.4, 0.5) is 5.69 Å². The molecule has 3 rings (SSSR count). The van der Waals surface area contributed by atoms with E-state index in [1.807, 2.05) is 72.5 Å². The zero-order chi connectivity index (χ0) is 26.1. The van der Waals surface area contributed by atoms with Gasteiger partial charge in [0.15, 0.2) is 0 Å². The van der Waals surface area contributed by atoms with Crippen LogP contribution in [-0.2, 0) is 9.63 Å². The average Bonchev–Trinajstić information content (AvgIpc) is 2.85. The predicted molar refractivity (Wildman–Crippen MR) is 148 cm³/mol. The van der Waals surface area contributed by atoms with E-state index < -0.39 is 0 Å². The van der Waals surface area contributed by atoms with Gasteiger partial charge in [-0.3, -0.25) is 9.69 Å². The number of anilines is 1. The fourth-order valence-corrected chi connectivity index (χ4v) is 4.60. The van der Waals surface area contributed by atoms with Crippen LogP contribution in [0, 0.1) is 11.8 Å². The van der Waals surface area contributed by atoms with Gasteiger partial charge in [0.2, 0.25) is 0 Å². The van der Waals surface area contributed by atoms with Gasteiger partial charge in [-0.25, -0.2) is 0 Å². The van der Waals surface area contributed by atoms with Crippen molar-refractivity contribution in [2.75, 3.05) is 38.3 Å². The molecule has 0 N–H and O–H groups in total. The van der Waals surface area contributed by atoms with Crippen LogP contribution in [0.25, 0.3) is 0 Å². The van der Waals surface area contributed by atoms with Crippen molar-refractivity contribution in [1.29, 1.82) is 0 Å². The van der Waals surface area contributed by atoms with Gasteiger partial charge in [-0.2, -0.15) is 0 Å². The predicted octanol–water partition coefficient (Wildman–Crippen LogP) is 6.11. The molecule has 1 saturated heterocycles. The highest BCUT2D eigenvalue weighted by Crippen LogP contribution is 2.43. The van der Waals surface area contributed by atoms with Crippen LogP contribution in [0.1, 0.15) is 52.6 Å². The Hall–Kier alpha value is -3.12. The highest BCUT2D eigenvalue weighted by Gasteiger charge is 2.43. The van der Waals surface area contributed by atoms with E-state index >= 15 is 0 Å². The summed E-state index contributed by atoms with van der Waals surface area (Å²) in [4.78, 5) is 23.1. The van der Waals surface area contributed by atoms with Gasteiger partial charge in [0.25, 0.3) is 5.91 Å². The van der Waals surface area contributed by atoms with Gasteiger partial charge >= 0.3 is 0 Å². The van der Waals surface area contributed by atoms with E-state index in [4.69, 9.17) is 9.57 Å². The topological polar surface area (TPSA) is 54.4 Å². The van der Waals surface area contributed by atoms with Gasteiger partial charge < -0.3 is 14.5 Å². The Bertz CT molecular complexity index is 1020. The zero-order valence-electron chi connectivity index (χ0n) is 22.6. The number of allylic oxidation sites excluding steroid dienone is 1. The number of methoxy groups -OCH3 is 1. The quantitative estimate of drug-likeness (QED) is 0.112. The summed E-state index contributed by atoms with van der Waals surface area (Å²) in [5.74, 6) is 2.02. The Balaban J connectivity index is 1.65. The molecule has 6 nitrogen and oxygen atoms in total. The maximum absolute atomic E-state index is 13.2. The molecule has 2 aromatic carbocycles. The molecule has 1 amide bonds. The van der Waals surface area contributed by atoms with Crippen molar-refractivity contribution in [3.8, 4) is 5.75 Å². The first-order chi connectivity index (χ1) is 17.3. The summed E-state index contributed by atoms with van der Waals surface area (Å²) in [6, 6.07) is 17.5. The van der Waals surface area contributed by atoms with Crippen LogP contribution in [0.3, 0.4) is 0 Å². The van der Waals surface area contributed by atoms with E-state index in [2.05, 4.69) is 37.8 Å². The Morgan fingerprint density at radius 1 is 1.03 bits per heavy atom. The van der Waals surface area contributed by atoms with Gasteiger partial charge in [-0.1, -0.05) is 63.2 Å². The van der Waals surface area contributed by atoms with E-state index in [-0.39, 0.29) is 11.9 Å². The lowest BCUT2D eigenvalue weighted by molar-refractivity contribution is -0.119. The number of amides is 1. The molecule has 0 bridgehead atoms. The Labute approximate surface area is 216 Å². The van der Waals surface area contributed by atoms with Crippen molar-refractivity contribution in [3.05, 3.63) is 71.8 Å². The van der Waals surface area contributed by atoms with Gasteiger partial charge in [-0.15, -0.1) is 0 Å². The van der Waals surface area contributed by atoms with Crippen LogP contribution in [-0.4, -0.2) is 49.9 Å². The smallest absolute Gasteiger partial charge is 0.257 e. The third-order valence-corrected chi connectivity index (χ3v) is 6.01. The number of carbonyl (C=O) groups is 1. The van der Waals surface area contributed by atoms with Gasteiger partial charge in [0.1, 0.15) is 12.4 Å². The molecule has 1 fully saturated rings. The summed E-state index contributed by atoms with van der Waals surface area (Å²) in [5, 5.41) is 4.28. The SMILES string of the molecule is COc1ccc(N2C(=O)/C(=C/C(C)=NOCCCN(CC(C)C)CC(C)C)C2c2ccccc2)cc1. The van der Waals surface area contributed by atoms with E-state index in [1.54, 1.807) is 7.11 Å². The number of oxime groups is 1. The summed E-state index contributed by atoms with van der Waals surface area (Å²) in [6.07, 6.45) is 2.77. The largest absolute Gasteiger partial charge is 0.497 e. The number of hydrogen-bond donors (Lipinski definition) is 0. The minimum absolute atomic E-state index is 0.0263. The first kappa shape index (κ1) is 27.5. The Morgan fingerprint density at radius 2 is 1.67 bits per heavy atom. The highest BCUT2D eigenvalue weighted by molar-refractivity contribution is 6.18. The third-order valence-electron chi connectivity index (χ3n) is 6.01. The molecule has 36 heavy (non-hydrogen) atoms. The first-order valence-electron chi connectivity index (χ1n) is 12.9. The minimum atomic E-state index is -0.169. The normalized spacial score (nSPS) is 17.3. The number of β-lactam (4-membered cyclic amide) rings is 1. The van der Waals surface area contributed by atoms with Gasteiger partial charge in [-0.05, 0) is 61.1 Å². The summed E-state index contributed by atoms with van der Waals surface area (Å²) < 4.78 is 5.27. The zero-order valence-corrected chi connectivity index (χ0v) is 22.6. The van der Waals surface area contributed by atoms with Crippen LogP contribution >= 0.6 is 0 Å². The number of carbonyl (C=O) groups excluding carboxylic acids is 1. The first-order valence-corrected chi connectivity index (χ1v) is 12.9. The second-order valence-electron chi connectivity index (χ2n) is 10.3. The standard InChI is InChI=1S/C30H41N3O3/c1-22(2)20-32(21-23(3)4)17-10-18-36-31-24(5)19-28-29(25-11-8-7-9-12-25)33(30(28)34)26-13-15-27(35-6)16-14-26/h7-9,11-16,19,22-23,29H,10,17-18,20-21H2,1-6H3/b28-19+,31-24?. The molecule has 0 radical (unpaired) electrons. The number of hydrogen-bond acceptors (Lipinski definition) is 5. The molecule has 2 aromatic rings. The van der Waals surface area contributed by atoms with E-state index in [0.29, 0.717) is 29.7 Å². The van der Waals surface area contributed by atoms with Crippen LogP contribution < -0.4 is 9.64 Å². The molecule has 6 heteroatoms. The maximum atomic E-state index is 13.2. The molecular weight excluding hydrogens is 450 g/mol. The second kappa shape index (κ2) is 13.3. The minimum Gasteiger partial charge on any atom is -0.497 e. The molecule has 1 heterocycles. The number of nitrogens with zero attached hydrogens (tertiary/aromatic N) is 3. The Morgan fingerprint density at radius 3 is 2.25 bits per heavy atom. The molecular formula is C30H41N3O3. The average molecular weight is 492 g/mol. The second-order valence-corrected chi connectivity index (χ2v) is 10.3. The number of ether oxygens (including phenoxy) is 1. The molecule has 0 spiro atoms. The monoisotopic (exact) mass is 491 g/mol. The van der Waals surface area contributed by atoms with Crippen molar-refractivity contribution in [2.24, 2.45) is 17.0 Å². The van der Waals surface area contributed by atoms with Gasteiger partial charge in [0, 0.05) is 30.9 Å². The lowest BCUT2D eigenvalue weighted by Crippen LogP contribution is -2.49. The van der Waals surface area contributed by atoms with E-state index in [9.17, 15) is 4.79 Å². The van der Waals surface area contributed by atoms with Crippen molar-refractivity contribution < 1.29 is 14.4 Å². The fourth-order valence-electron chi connectivity index (χ4n) is 4.60. The molecule has 1 atom stereocenters. The van der Waals surface area contributed by atoms with Crippen LogP contribution in [0.5, 0.6) is 5.75 Å². The molecule has 1 aliphatic heterocycles. The maximum Gasteiger partial charge on any atom is 0.257 e. The Kier molecular flexibility index (Phi) is 10.1. The van der Waals surface area contributed by atoms with Crippen molar-refractivity contribution in [1.82, 2.24) is 4.90 Å². The van der Waals surface area contributed by atoms with Crippen molar-refractivity contribution in [3.63, 3.8) is 0 Å². The lowest BCUT2D eigenvalue weighted by atomic mass is 9.86. The summed E-state index contributed by atoms with van der Waals surface area (Å²) in [7, 11) is 1.63. The molecule has 1 unspecified atom stereocenters. The molecule has 194 valence electrons. The molecule has 0 saturated carbocycles. The summed E-state index contributed by atoms with van der Waals surface area (Å²) >= 11 is 0. The fraction of sp³-hybridized carbons (Fsp3) is 0.467. The number of benzene rings is 2. The van der Waals surface area contributed by atoms with E-state index in [1.165, 1.54) is 0 Å². The van der Waals surface area contributed by atoms with Gasteiger partial charge in [0.05, 0.1) is 18.9 Å². The van der Waals surface area contributed by atoms with Crippen LogP contribution in [0.2, 0.25) is 0 Å². The summed E-state index contributed by atoms with van der Waals surface area (Å²) in [6.45, 7) is 14.6. The van der Waals surface area contributed by atoms with Crippen LogP contribution in [0.15, 0.2) is 71.4 Å². The molecule has 0 aromatic heterocycles. The summed E-state index contributed by atoms with van der Waals surface area (Å²) in [5.41, 5.74) is 3.30. The van der Waals surface area contributed by atoms with Crippen molar-refractivity contribution in [2.45, 2.75) is 47.1 Å². The van der Waals surface area contributed by atoms with Crippen molar-refractivity contribution >= 4 is 17.3 Å². The third kappa shape index (κ3) is 7.44.